The third-order valence-corrected chi connectivity index (χ3v) is 5.19. The van der Waals surface area contributed by atoms with Crippen molar-refractivity contribution in [3.63, 3.8) is 0 Å². The Morgan fingerprint density at radius 2 is 1.86 bits per heavy atom. The monoisotopic (exact) mass is 406 g/mol. The number of nitrogens with zero attached hydrogens (tertiary/aromatic N) is 1. The van der Waals surface area contributed by atoms with Crippen molar-refractivity contribution in [2.75, 3.05) is 6.26 Å². The van der Waals surface area contributed by atoms with Crippen LogP contribution >= 0.6 is 0 Å². The fraction of sp³-hybridized carbons (Fsp3) is 0.450. The second-order valence-electron chi connectivity index (χ2n) is 7.15. The molecule has 0 aliphatic heterocycles. The predicted octanol–water partition coefficient (Wildman–Crippen LogP) is 3.66. The van der Waals surface area contributed by atoms with Crippen molar-refractivity contribution in [3.8, 4) is 5.75 Å². The Bertz CT molecular complexity index is 857. The first-order valence-electron chi connectivity index (χ1n) is 9.45. The van der Waals surface area contributed by atoms with Gasteiger partial charge >= 0.3 is 16.1 Å². The number of urea groups is 1. The molecule has 2 amide bonds. The molecule has 0 saturated heterocycles. The lowest BCUT2D eigenvalue weighted by atomic mass is 9.96. The number of carbonyl (C=O) groups excluding carboxylic acids is 1. The number of amides is 2. The molecule has 0 unspecified atom stereocenters. The third kappa shape index (κ3) is 6.30. The summed E-state index contributed by atoms with van der Waals surface area (Å²) < 4.78 is 32.7. The van der Waals surface area contributed by atoms with E-state index in [9.17, 15) is 13.2 Å². The summed E-state index contributed by atoms with van der Waals surface area (Å²) in [4.78, 5) is 14.6. The SMILES string of the molecule is CS(=O)(=O)Oc1ccc(CN(Cc2ccco2)C(=O)NC2CCCCC2)cc1. The average molecular weight is 407 g/mol. The van der Waals surface area contributed by atoms with Gasteiger partial charge in [-0.25, -0.2) is 4.79 Å². The molecule has 1 aromatic carbocycles. The third-order valence-electron chi connectivity index (χ3n) is 4.69. The highest BCUT2D eigenvalue weighted by molar-refractivity contribution is 7.86. The molecule has 1 N–H and O–H groups in total. The van der Waals surface area contributed by atoms with Crippen LogP contribution in [-0.4, -0.2) is 31.6 Å². The van der Waals surface area contributed by atoms with Crippen molar-refractivity contribution >= 4 is 16.1 Å². The van der Waals surface area contributed by atoms with Crippen LogP contribution in [0.4, 0.5) is 4.79 Å². The fourth-order valence-corrected chi connectivity index (χ4v) is 3.81. The van der Waals surface area contributed by atoms with Crippen molar-refractivity contribution in [3.05, 3.63) is 54.0 Å². The summed E-state index contributed by atoms with van der Waals surface area (Å²) in [5, 5.41) is 3.14. The lowest BCUT2D eigenvalue weighted by Crippen LogP contribution is -2.44. The number of carbonyl (C=O) groups is 1. The van der Waals surface area contributed by atoms with Crippen LogP contribution in [0.15, 0.2) is 47.1 Å². The van der Waals surface area contributed by atoms with Gasteiger partial charge in [-0.1, -0.05) is 31.4 Å². The van der Waals surface area contributed by atoms with Gasteiger partial charge in [-0.3, -0.25) is 0 Å². The first-order valence-corrected chi connectivity index (χ1v) is 11.3. The molecule has 0 spiro atoms. The Balaban J connectivity index is 1.68. The zero-order valence-corrected chi connectivity index (χ0v) is 16.8. The summed E-state index contributed by atoms with van der Waals surface area (Å²) in [5.41, 5.74) is 0.867. The van der Waals surface area contributed by atoms with E-state index < -0.39 is 10.1 Å². The van der Waals surface area contributed by atoms with Crippen molar-refractivity contribution in [1.29, 1.82) is 0 Å². The van der Waals surface area contributed by atoms with E-state index in [4.69, 9.17) is 8.60 Å². The lowest BCUT2D eigenvalue weighted by Gasteiger charge is -2.28. The summed E-state index contributed by atoms with van der Waals surface area (Å²) in [5.74, 6) is 0.950. The minimum Gasteiger partial charge on any atom is -0.467 e. The number of hydrogen-bond donors (Lipinski definition) is 1. The van der Waals surface area contributed by atoms with Crippen LogP contribution in [0.5, 0.6) is 5.75 Å². The fourth-order valence-electron chi connectivity index (χ4n) is 3.35. The summed E-state index contributed by atoms with van der Waals surface area (Å²) >= 11 is 0. The zero-order valence-electron chi connectivity index (χ0n) is 16.0. The quantitative estimate of drug-likeness (QED) is 0.709. The summed E-state index contributed by atoms with van der Waals surface area (Å²) in [6.07, 6.45) is 8.13. The number of rotatable bonds is 7. The average Bonchev–Trinajstić information content (AvgIpc) is 3.15. The van der Waals surface area contributed by atoms with E-state index in [1.54, 1.807) is 41.5 Å². The molecular weight excluding hydrogens is 380 g/mol. The second-order valence-corrected chi connectivity index (χ2v) is 8.73. The van der Waals surface area contributed by atoms with Crippen LogP contribution < -0.4 is 9.50 Å². The van der Waals surface area contributed by atoms with Gasteiger partial charge in [-0.05, 0) is 42.7 Å². The first kappa shape index (κ1) is 20.3. The van der Waals surface area contributed by atoms with Crippen molar-refractivity contribution in [2.45, 2.75) is 51.2 Å². The summed E-state index contributed by atoms with van der Waals surface area (Å²) in [7, 11) is -3.56. The van der Waals surface area contributed by atoms with Gasteiger partial charge < -0.3 is 18.8 Å². The maximum Gasteiger partial charge on any atom is 0.318 e. The summed E-state index contributed by atoms with van der Waals surface area (Å²) in [6.45, 7) is 0.728. The normalized spacial score (nSPS) is 15.2. The van der Waals surface area contributed by atoms with Crippen LogP contribution in [0, 0.1) is 0 Å². The maximum absolute atomic E-state index is 12.9. The Hall–Kier alpha value is -2.48. The highest BCUT2D eigenvalue weighted by Gasteiger charge is 2.21. The van der Waals surface area contributed by atoms with Gasteiger partial charge in [0.2, 0.25) is 0 Å². The molecule has 1 aromatic heterocycles. The van der Waals surface area contributed by atoms with Crippen LogP contribution in [0.25, 0.3) is 0 Å². The molecule has 8 heteroatoms. The van der Waals surface area contributed by atoms with Crippen molar-refractivity contribution in [2.24, 2.45) is 0 Å². The Morgan fingerprint density at radius 3 is 2.46 bits per heavy atom. The smallest absolute Gasteiger partial charge is 0.318 e. The molecule has 7 nitrogen and oxygen atoms in total. The molecule has 0 bridgehead atoms. The first-order chi connectivity index (χ1) is 13.4. The van der Waals surface area contributed by atoms with Gasteiger partial charge in [-0.15, -0.1) is 0 Å². The van der Waals surface area contributed by atoms with Gasteiger partial charge in [-0.2, -0.15) is 8.42 Å². The standard InChI is InChI=1S/C20H26N2O5S/c1-28(24,25)27-18-11-9-16(10-12-18)14-22(15-19-8-5-13-26-19)20(23)21-17-6-3-2-4-7-17/h5,8-13,17H,2-4,6-7,14-15H2,1H3,(H,21,23). The van der Waals surface area contributed by atoms with Gasteiger partial charge in [0.25, 0.3) is 0 Å². The van der Waals surface area contributed by atoms with Crippen molar-refractivity contribution < 1.29 is 21.8 Å². The number of benzene rings is 1. The molecule has 1 aliphatic rings. The lowest BCUT2D eigenvalue weighted by molar-refractivity contribution is 0.180. The van der Waals surface area contributed by atoms with E-state index in [1.165, 1.54) is 6.42 Å². The van der Waals surface area contributed by atoms with Crippen LogP contribution in [0.2, 0.25) is 0 Å². The van der Waals surface area contributed by atoms with E-state index in [-0.39, 0.29) is 17.8 Å². The molecule has 0 radical (unpaired) electrons. The van der Waals surface area contributed by atoms with E-state index in [1.807, 2.05) is 6.07 Å². The molecule has 0 atom stereocenters. The van der Waals surface area contributed by atoms with E-state index in [0.29, 0.717) is 18.8 Å². The topological polar surface area (TPSA) is 88.9 Å². The largest absolute Gasteiger partial charge is 0.467 e. The van der Waals surface area contributed by atoms with Gasteiger partial charge in [0.05, 0.1) is 19.1 Å². The number of furan rings is 1. The minimum atomic E-state index is -3.56. The van der Waals surface area contributed by atoms with Crippen LogP contribution in [-0.2, 0) is 23.2 Å². The minimum absolute atomic E-state index is 0.125. The predicted molar refractivity (Wildman–Crippen MR) is 105 cm³/mol. The summed E-state index contributed by atoms with van der Waals surface area (Å²) in [6, 6.07) is 10.4. The molecule has 1 heterocycles. The van der Waals surface area contributed by atoms with Crippen molar-refractivity contribution in [1.82, 2.24) is 10.2 Å². The molecule has 3 rings (SSSR count). The molecule has 28 heavy (non-hydrogen) atoms. The van der Waals surface area contributed by atoms with Crippen LogP contribution in [0.3, 0.4) is 0 Å². The maximum atomic E-state index is 12.9. The molecule has 1 fully saturated rings. The number of nitrogens with one attached hydrogen (secondary N) is 1. The Labute approximate surface area is 165 Å². The van der Waals surface area contributed by atoms with E-state index >= 15 is 0 Å². The molecule has 152 valence electrons. The van der Waals surface area contributed by atoms with Gasteiger partial charge in [0.1, 0.15) is 11.5 Å². The Kier molecular flexibility index (Phi) is 6.61. The molecule has 1 aliphatic carbocycles. The van der Waals surface area contributed by atoms with Gasteiger partial charge in [0, 0.05) is 12.6 Å². The second kappa shape index (κ2) is 9.14. The van der Waals surface area contributed by atoms with E-state index in [0.717, 1.165) is 37.5 Å². The molecule has 1 saturated carbocycles. The Morgan fingerprint density at radius 1 is 1.14 bits per heavy atom. The highest BCUT2D eigenvalue weighted by atomic mass is 32.2. The highest BCUT2D eigenvalue weighted by Crippen LogP contribution is 2.19. The van der Waals surface area contributed by atoms with Gasteiger partial charge in [0.15, 0.2) is 0 Å². The van der Waals surface area contributed by atoms with Crippen LogP contribution in [0.1, 0.15) is 43.4 Å². The molecule has 2 aromatic rings. The molecular formula is C20H26N2O5S. The number of hydrogen-bond acceptors (Lipinski definition) is 5. The van der Waals surface area contributed by atoms with E-state index in [2.05, 4.69) is 5.32 Å². The zero-order chi connectivity index (χ0) is 20.0.